The van der Waals surface area contributed by atoms with Gasteiger partial charge in [0.2, 0.25) is 5.82 Å². The second kappa shape index (κ2) is 4.04. The molecule has 0 aliphatic rings. The molecule has 0 saturated heterocycles. The maximum absolute atomic E-state index is 12.9. The van der Waals surface area contributed by atoms with Crippen LogP contribution in [0.4, 0.5) is 4.39 Å². The van der Waals surface area contributed by atoms with Crippen LogP contribution in [0.1, 0.15) is 5.56 Å². The Bertz CT molecular complexity index is 507. The van der Waals surface area contributed by atoms with E-state index in [4.69, 9.17) is 0 Å². The van der Waals surface area contributed by atoms with Crippen LogP contribution in [0.25, 0.3) is 0 Å². The molecule has 0 spiro atoms. The predicted molar refractivity (Wildman–Crippen MR) is 54.0 cm³/mol. The summed E-state index contributed by atoms with van der Waals surface area (Å²) in [5.74, 6) is -0.826. The summed E-state index contributed by atoms with van der Waals surface area (Å²) in [4.78, 5) is 15.0. The molecule has 2 aromatic rings. The van der Waals surface area contributed by atoms with Crippen LogP contribution in [0.15, 0.2) is 47.7 Å². The first-order valence-electron chi connectivity index (χ1n) is 4.51. The maximum atomic E-state index is 12.9. The molecule has 4 heteroatoms. The molecule has 0 bridgehead atoms. The van der Waals surface area contributed by atoms with E-state index in [1.165, 1.54) is 10.9 Å². The lowest BCUT2D eigenvalue weighted by Crippen LogP contribution is -2.23. The van der Waals surface area contributed by atoms with Crippen LogP contribution < -0.4 is 5.56 Å². The van der Waals surface area contributed by atoms with Crippen LogP contribution in [0.2, 0.25) is 0 Å². The number of hydrogen-bond donors (Lipinski definition) is 0. The molecule has 0 saturated carbocycles. The third kappa shape index (κ3) is 2.10. The zero-order chi connectivity index (χ0) is 10.7. The fourth-order valence-electron chi connectivity index (χ4n) is 1.32. The van der Waals surface area contributed by atoms with E-state index < -0.39 is 11.4 Å². The van der Waals surface area contributed by atoms with Gasteiger partial charge in [0.05, 0.1) is 19.1 Å². The van der Waals surface area contributed by atoms with Gasteiger partial charge in [-0.3, -0.25) is 9.36 Å². The number of halogens is 1. The van der Waals surface area contributed by atoms with E-state index in [0.29, 0.717) is 6.54 Å². The summed E-state index contributed by atoms with van der Waals surface area (Å²) in [5.41, 5.74) is 0.292. The van der Waals surface area contributed by atoms with Crippen LogP contribution in [0, 0.1) is 5.82 Å². The Balaban J connectivity index is 2.33. The van der Waals surface area contributed by atoms with Gasteiger partial charge in [0.15, 0.2) is 0 Å². The lowest BCUT2D eigenvalue weighted by Gasteiger charge is -2.04. The Morgan fingerprint density at radius 3 is 2.73 bits per heavy atom. The minimum absolute atomic E-state index is 0.338. The monoisotopic (exact) mass is 204 g/mol. The van der Waals surface area contributed by atoms with Crippen LogP contribution in [-0.4, -0.2) is 9.55 Å². The summed E-state index contributed by atoms with van der Waals surface area (Å²) in [7, 11) is 0. The largest absolute Gasteiger partial charge is 0.292 e. The van der Waals surface area contributed by atoms with Crippen molar-refractivity contribution in [1.82, 2.24) is 9.55 Å². The second-order valence-electron chi connectivity index (χ2n) is 3.16. The van der Waals surface area contributed by atoms with E-state index in [1.807, 2.05) is 30.3 Å². The van der Waals surface area contributed by atoms with Gasteiger partial charge in [0.25, 0.3) is 5.56 Å². The Hall–Kier alpha value is -1.97. The summed E-state index contributed by atoms with van der Waals surface area (Å²) in [5, 5.41) is 0. The summed E-state index contributed by atoms with van der Waals surface area (Å²) in [6.07, 6.45) is 2.25. The van der Waals surface area contributed by atoms with Crippen LogP contribution in [0.5, 0.6) is 0 Å². The Labute approximate surface area is 85.8 Å². The molecule has 0 radical (unpaired) electrons. The highest BCUT2D eigenvalue weighted by molar-refractivity contribution is 5.15. The topological polar surface area (TPSA) is 34.9 Å². The number of nitrogens with zero attached hydrogens (tertiary/aromatic N) is 2. The van der Waals surface area contributed by atoms with Gasteiger partial charge in [-0.25, -0.2) is 4.98 Å². The van der Waals surface area contributed by atoms with E-state index in [0.717, 1.165) is 11.8 Å². The number of rotatable bonds is 2. The van der Waals surface area contributed by atoms with Gasteiger partial charge in [-0.2, -0.15) is 4.39 Å². The molecule has 1 aromatic heterocycles. The Morgan fingerprint density at radius 2 is 2.00 bits per heavy atom. The molecule has 1 heterocycles. The SMILES string of the molecule is O=c1c(F)cncn1Cc1ccccc1. The van der Waals surface area contributed by atoms with E-state index in [1.54, 1.807) is 0 Å². The summed E-state index contributed by atoms with van der Waals surface area (Å²) >= 11 is 0. The molecular weight excluding hydrogens is 195 g/mol. The lowest BCUT2D eigenvalue weighted by atomic mass is 10.2. The van der Waals surface area contributed by atoms with E-state index >= 15 is 0 Å². The zero-order valence-corrected chi connectivity index (χ0v) is 7.93. The molecule has 0 N–H and O–H groups in total. The standard InChI is InChI=1S/C11H9FN2O/c12-10-6-13-8-14(11(10)15)7-9-4-2-1-3-5-9/h1-6,8H,7H2. The lowest BCUT2D eigenvalue weighted by molar-refractivity contribution is 0.568. The van der Waals surface area contributed by atoms with Gasteiger partial charge in [-0.15, -0.1) is 0 Å². The molecule has 0 amide bonds. The van der Waals surface area contributed by atoms with Gasteiger partial charge < -0.3 is 0 Å². The van der Waals surface area contributed by atoms with Crippen LogP contribution in [-0.2, 0) is 6.54 Å². The van der Waals surface area contributed by atoms with Gasteiger partial charge >= 0.3 is 0 Å². The van der Waals surface area contributed by atoms with Crippen LogP contribution >= 0.6 is 0 Å². The molecule has 2 rings (SSSR count). The molecular formula is C11H9FN2O. The van der Waals surface area contributed by atoms with Crippen molar-refractivity contribution in [3.8, 4) is 0 Å². The van der Waals surface area contributed by atoms with Crippen molar-refractivity contribution in [2.24, 2.45) is 0 Å². The minimum atomic E-state index is -0.826. The Morgan fingerprint density at radius 1 is 1.27 bits per heavy atom. The van der Waals surface area contributed by atoms with Crippen molar-refractivity contribution < 1.29 is 4.39 Å². The molecule has 0 aliphatic heterocycles. The molecule has 76 valence electrons. The van der Waals surface area contributed by atoms with Crippen molar-refractivity contribution in [1.29, 1.82) is 0 Å². The van der Waals surface area contributed by atoms with Gasteiger partial charge in [-0.1, -0.05) is 30.3 Å². The van der Waals surface area contributed by atoms with E-state index in [9.17, 15) is 9.18 Å². The number of aromatic nitrogens is 2. The van der Waals surface area contributed by atoms with Gasteiger partial charge in [0, 0.05) is 0 Å². The first kappa shape index (κ1) is 9.58. The normalized spacial score (nSPS) is 10.2. The zero-order valence-electron chi connectivity index (χ0n) is 7.93. The van der Waals surface area contributed by atoms with Gasteiger partial charge in [0.1, 0.15) is 0 Å². The van der Waals surface area contributed by atoms with Crippen molar-refractivity contribution in [2.45, 2.75) is 6.54 Å². The highest BCUT2D eigenvalue weighted by Crippen LogP contribution is 1.99. The third-order valence-corrected chi connectivity index (χ3v) is 2.05. The number of hydrogen-bond acceptors (Lipinski definition) is 2. The van der Waals surface area contributed by atoms with Crippen molar-refractivity contribution in [3.05, 3.63) is 64.6 Å². The quantitative estimate of drug-likeness (QED) is 0.741. The second-order valence-corrected chi connectivity index (χ2v) is 3.16. The number of benzene rings is 1. The van der Waals surface area contributed by atoms with E-state index in [-0.39, 0.29) is 0 Å². The van der Waals surface area contributed by atoms with Crippen molar-refractivity contribution in [2.75, 3.05) is 0 Å². The first-order chi connectivity index (χ1) is 7.27. The molecule has 0 atom stereocenters. The molecule has 0 fully saturated rings. The van der Waals surface area contributed by atoms with Crippen LogP contribution in [0.3, 0.4) is 0 Å². The van der Waals surface area contributed by atoms with Crippen molar-refractivity contribution in [3.63, 3.8) is 0 Å². The summed E-state index contributed by atoms with van der Waals surface area (Å²) in [6, 6.07) is 9.37. The summed E-state index contributed by atoms with van der Waals surface area (Å²) < 4.78 is 14.1. The Kier molecular flexibility index (Phi) is 2.58. The average Bonchev–Trinajstić information content (AvgIpc) is 2.26. The predicted octanol–water partition coefficient (Wildman–Crippen LogP) is 1.43. The highest BCUT2D eigenvalue weighted by atomic mass is 19.1. The molecule has 0 aliphatic carbocycles. The molecule has 0 unspecified atom stereocenters. The smallest absolute Gasteiger partial charge is 0.289 e. The summed E-state index contributed by atoms with van der Waals surface area (Å²) in [6.45, 7) is 0.338. The average molecular weight is 204 g/mol. The fraction of sp³-hybridized carbons (Fsp3) is 0.0909. The minimum Gasteiger partial charge on any atom is -0.292 e. The molecule has 15 heavy (non-hydrogen) atoms. The molecule has 3 nitrogen and oxygen atoms in total. The first-order valence-corrected chi connectivity index (χ1v) is 4.51. The maximum Gasteiger partial charge on any atom is 0.289 e. The van der Waals surface area contributed by atoms with Crippen molar-refractivity contribution >= 4 is 0 Å². The van der Waals surface area contributed by atoms with Gasteiger partial charge in [-0.05, 0) is 5.56 Å². The third-order valence-electron chi connectivity index (χ3n) is 2.05. The highest BCUT2D eigenvalue weighted by Gasteiger charge is 2.02. The molecule has 1 aromatic carbocycles. The fourth-order valence-corrected chi connectivity index (χ4v) is 1.32. The van der Waals surface area contributed by atoms with E-state index in [2.05, 4.69) is 4.98 Å².